The fourth-order valence-corrected chi connectivity index (χ4v) is 1.05. The lowest BCUT2D eigenvalue weighted by Gasteiger charge is -1.97. The molecule has 0 saturated heterocycles. The van der Waals surface area contributed by atoms with Crippen LogP contribution in [0.3, 0.4) is 0 Å². The van der Waals surface area contributed by atoms with Gasteiger partial charge in [0.15, 0.2) is 0 Å². The van der Waals surface area contributed by atoms with Crippen LogP contribution in [0.5, 0.6) is 0 Å². The summed E-state index contributed by atoms with van der Waals surface area (Å²) in [6, 6.07) is 0. The van der Waals surface area contributed by atoms with Gasteiger partial charge in [0.25, 0.3) is 10.0 Å². The molecule has 1 rings (SSSR count). The van der Waals surface area contributed by atoms with E-state index in [0.717, 1.165) is 0 Å². The SMILES string of the molecule is C=C(C)S(=O)(=O)Nc1[nH]nc[nH+]1. The highest BCUT2D eigenvalue weighted by Crippen LogP contribution is 2.03. The zero-order chi connectivity index (χ0) is 9.19. The van der Waals surface area contributed by atoms with Crippen molar-refractivity contribution in [3.8, 4) is 0 Å². The Labute approximate surface area is 69.8 Å². The van der Waals surface area contributed by atoms with Crippen molar-refractivity contribution in [2.45, 2.75) is 6.92 Å². The third-order valence-corrected chi connectivity index (χ3v) is 2.54. The molecule has 66 valence electrons. The van der Waals surface area contributed by atoms with E-state index >= 15 is 0 Å². The van der Waals surface area contributed by atoms with Gasteiger partial charge < -0.3 is 0 Å². The van der Waals surface area contributed by atoms with Crippen LogP contribution in [-0.2, 0) is 10.0 Å². The summed E-state index contributed by atoms with van der Waals surface area (Å²) in [7, 11) is -3.47. The van der Waals surface area contributed by atoms with E-state index in [1.54, 1.807) is 0 Å². The molecule has 1 aromatic rings. The lowest BCUT2D eigenvalue weighted by atomic mass is 10.8. The fourth-order valence-electron chi connectivity index (χ4n) is 0.500. The van der Waals surface area contributed by atoms with E-state index in [2.05, 4.69) is 26.5 Å². The predicted molar refractivity (Wildman–Crippen MR) is 42.5 cm³/mol. The summed E-state index contributed by atoms with van der Waals surface area (Å²) in [6.07, 6.45) is 1.33. The zero-order valence-electron chi connectivity index (χ0n) is 6.46. The van der Waals surface area contributed by atoms with E-state index in [4.69, 9.17) is 0 Å². The molecule has 6 nitrogen and oxygen atoms in total. The Morgan fingerprint density at radius 2 is 2.50 bits per heavy atom. The fraction of sp³-hybridized carbons (Fsp3) is 0.200. The summed E-state index contributed by atoms with van der Waals surface area (Å²) in [5.41, 5.74) is 0. The average molecular weight is 189 g/mol. The molecule has 3 N–H and O–H groups in total. The number of hydrogen-bond acceptors (Lipinski definition) is 3. The van der Waals surface area contributed by atoms with Crippen molar-refractivity contribution in [1.29, 1.82) is 0 Å². The monoisotopic (exact) mass is 189 g/mol. The Balaban J connectivity index is 2.84. The average Bonchev–Trinajstić information content (AvgIpc) is 2.38. The number of anilines is 1. The summed E-state index contributed by atoms with van der Waals surface area (Å²) in [5.74, 6) is 0.206. The highest BCUT2D eigenvalue weighted by atomic mass is 32.2. The van der Waals surface area contributed by atoms with Crippen molar-refractivity contribution in [3.63, 3.8) is 0 Å². The van der Waals surface area contributed by atoms with Gasteiger partial charge in [-0.05, 0) is 12.0 Å². The molecule has 12 heavy (non-hydrogen) atoms. The molecule has 0 atom stereocenters. The standard InChI is InChI=1S/C5H8N4O2S/c1-4(2)12(10,11)9-5-6-3-7-8-5/h3H,1H2,2H3,(H2,6,7,8,9)/p+1. The number of sulfonamides is 1. The van der Waals surface area contributed by atoms with Crippen molar-refractivity contribution in [3.05, 3.63) is 17.8 Å². The van der Waals surface area contributed by atoms with E-state index in [0.29, 0.717) is 0 Å². The highest BCUT2D eigenvalue weighted by Gasteiger charge is 2.16. The Morgan fingerprint density at radius 3 is 2.92 bits per heavy atom. The number of aromatic amines is 2. The first-order valence-electron chi connectivity index (χ1n) is 3.12. The van der Waals surface area contributed by atoms with Gasteiger partial charge in [-0.3, -0.25) is 0 Å². The van der Waals surface area contributed by atoms with Crippen molar-refractivity contribution < 1.29 is 13.4 Å². The number of H-pyrrole nitrogens is 2. The van der Waals surface area contributed by atoms with Crippen LogP contribution in [0, 0.1) is 0 Å². The van der Waals surface area contributed by atoms with Gasteiger partial charge in [-0.1, -0.05) is 6.58 Å². The molecule has 0 bridgehead atoms. The normalized spacial score (nSPS) is 11.1. The second-order valence-electron chi connectivity index (χ2n) is 2.20. The summed E-state index contributed by atoms with van der Waals surface area (Å²) < 4.78 is 24.4. The van der Waals surface area contributed by atoms with E-state index in [1.165, 1.54) is 13.3 Å². The Bertz CT molecular complexity index is 366. The minimum absolute atomic E-state index is 0.0468. The maximum absolute atomic E-state index is 11.1. The first-order chi connectivity index (χ1) is 5.52. The molecule has 0 aliphatic heterocycles. The van der Waals surface area contributed by atoms with Crippen LogP contribution >= 0.6 is 0 Å². The number of nitrogens with one attached hydrogen (secondary N) is 3. The predicted octanol–water partition coefficient (Wildman–Crippen LogP) is -0.501. The third kappa shape index (κ3) is 1.82. The van der Waals surface area contributed by atoms with Gasteiger partial charge in [-0.15, -0.1) is 5.10 Å². The molecule has 0 saturated carbocycles. The maximum atomic E-state index is 11.1. The molecular formula is C5H9N4O2S+. The summed E-state index contributed by atoms with van der Waals surface area (Å²) in [4.78, 5) is 2.60. The van der Waals surface area contributed by atoms with E-state index in [-0.39, 0.29) is 10.9 Å². The molecule has 0 aromatic carbocycles. The Hall–Kier alpha value is -1.37. The summed E-state index contributed by atoms with van der Waals surface area (Å²) >= 11 is 0. The molecule has 0 aliphatic rings. The van der Waals surface area contributed by atoms with Crippen LogP contribution in [0.4, 0.5) is 5.95 Å². The lowest BCUT2D eigenvalue weighted by Crippen LogP contribution is -2.18. The molecule has 1 heterocycles. The van der Waals surface area contributed by atoms with E-state index in [1.807, 2.05) is 0 Å². The largest absolute Gasteiger partial charge is 0.354 e. The lowest BCUT2D eigenvalue weighted by molar-refractivity contribution is -0.360. The maximum Gasteiger partial charge on any atom is 0.354 e. The second kappa shape index (κ2) is 2.94. The van der Waals surface area contributed by atoms with Crippen molar-refractivity contribution >= 4 is 16.0 Å². The first-order valence-corrected chi connectivity index (χ1v) is 4.60. The number of nitrogens with zero attached hydrogens (tertiary/aromatic N) is 1. The molecule has 0 spiro atoms. The Kier molecular flexibility index (Phi) is 2.13. The minimum atomic E-state index is -3.47. The Morgan fingerprint density at radius 1 is 1.83 bits per heavy atom. The number of hydrogen-bond donors (Lipinski definition) is 2. The smallest absolute Gasteiger partial charge is 0.240 e. The van der Waals surface area contributed by atoms with E-state index < -0.39 is 10.0 Å². The summed E-state index contributed by atoms with van der Waals surface area (Å²) in [6.45, 7) is 4.71. The molecule has 0 radical (unpaired) electrons. The number of rotatable bonds is 3. The van der Waals surface area contributed by atoms with Crippen molar-refractivity contribution in [2.24, 2.45) is 0 Å². The van der Waals surface area contributed by atoms with Gasteiger partial charge in [-0.25, -0.2) is 4.98 Å². The zero-order valence-corrected chi connectivity index (χ0v) is 7.27. The van der Waals surface area contributed by atoms with E-state index in [9.17, 15) is 8.42 Å². The van der Waals surface area contributed by atoms with Gasteiger partial charge in [0.1, 0.15) is 0 Å². The second-order valence-corrected chi connectivity index (χ2v) is 4.10. The van der Waals surface area contributed by atoms with Gasteiger partial charge in [0, 0.05) is 0 Å². The number of allylic oxidation sites excluding steroid dienone is 1. The topological polar surface area (TPSA) is 89.0 Å². The molecule has 7 heteroatoms. The summed E-state index contributed by atoms with van der Waals surface area (Å²) in [5, 5.41) is 5.94. The molecular weight excluding hydrogens is 180 g/mol. The first kappa shape index (κ1) is 8.72. The highest BCUT2D eigenvalue weighted by molar-refractivity contribution is 7.96. The molecule has 0 unspecified atom stereocenters. The van der Waals surface area contributed by atoms with Crippen molar-refractivity contribution in [2.75, 3.05) is 4.72 Å². The molecule has 0 fully saturated rings. The minimum Gasteiger partial charge on any atom is -0.240 e. The van der Waals surface area contributed by atoms with Crippen LogP contribution in [-0.4, -0.2) is 18.6 Å². The van der Waals surface area contributed by atoms with Gasteiger partial charge >= 0.3 is 5.95 Å². The van der Waals surface area contributed by atoms with Crippen LogP contribution < -0.4 is 9.71 Å². The van der Waals surface area contributed by atoms with Crippen molar-refractivity contribution in [1.82, 2.24) is 10.2 Å². The van der Waals surface area contributed by atoms with Gasteiger partial charge in [-0.2, -0.15) is 13.1 Å². The quantitative estimate of drug-likeness (QED) is 0.671. The molecule has 1 aromatic heterocycles. The molecule has 0 amide bonds. The molecule has 0 aliphatic carbocycles. The van der Waals surface area contributed by atoms with Crippen LogP contribution in [0.25, 0.3) is 0 Å². The van der Waals surface area contributed by atoms with Crippen LogP contribution in [0.1, 0.15) is 6.92 Å². The van der Waals surface area contributed by atoms with Crippen LogP contribution in [0.2, 0.25) is 0 Å². The number of aromatic nitrogens is 3. The van der Waals surface area contributed by atoms with Crippen LogP contribution in [0.15, 0.2) is 17.8 Å². The van der Waals surface area contributed by atoms with Gasteiger partial charge in [0.05, 0.1) is 4.91 Å². The van der Waals surface area contributed by atoms with Gasteiger partial charge in [0.2, 0.25) is 6.33 Å². The third-order valence-electron chi connectivity index (χ3n) is 1.14.